The summed E-state index contributed by atoms with van der Waals surface area (Å²) in [5, 5.41) is 11.2. The molecule has 0 aromatic heterocycles. The summed E-state index contributed by atoms with van der Waals surface area (Å²) in [6, 6.07) is 3.56. The molecule has 0 bridgehead atoms. The van der Waals surface area contributed by atoms with Crippen molar-refractivity contribution >= 4 is 33.2 Å². The van der Waals surface area contributed by atoms with Crippen molar-refractivity contribution in [2.45, 2.75) is 23.0 Å². The summed E-state index contributed by atoms with van der Waals surface area (Å²) in [5.41, 5.74) is 5.11. The molecule has 2 rings (SSSR count). The maximum absolute atomic E-state index is 12.2. The van der Waals surface area contributed by atoms with Crippen molar-refractivity contribution in [1.29, 1.82) is 0 Å². The molecule has 0 amide bonds. The minimum Gasteiger partial charge on any atom is -0.399 e. The molecule has 3 N–H and O–H groups in total. The van der Waals surface area contributed by atoms with Gasteiger partial charge in [-0.1, -0.05) is 0 Å². The number of nitro groups is 1. The van der Waals surface area contributed by atoms with E-state index < -0.39 is 20.6 Å². The number of nitrogens with one attached hydrogen (secondary N) is 1. The van der Waals surface area contributed by atoms with E-state index in [1.54, 1.807) is 11.8 Å². The normalized spacial score (nSPS) is 19.1. The number of rotatable bonds is 5. The van der Waals surface area contributed by atoms with Gasteiger partial charge in [0.15, 0.2) is 4.90 Å². The lowest BCUT2D eigenvalue weighted by Crippen LogP contribution is -2.30. The Bertz CT molecular complexity index is 612. The molecule has 1 fully saturated rings. The van der Waals surface area contributed by atoms with Crippen LogP contribution in [0.15, 0.2) is 23.1 Å². The average Bonchev–Trinajstić information content (AvgIpc) is 2.89. The number of nitro benzene ring substituents is 1. The van der Waals surface area contributed by atoms with E-state index in [1.165, 1.54) is 6.07 Å². The van der Waals surface area contributed by atoms with Gasteiger partial charge < -0.3 is 5.73 Å². The minimum atomic E-state index is -3.90. The van der Waals surface area contributed by atoms with Crippen molar-refractivity contribution in [1.82, 2.24) is 4.72 Å². The Balaban J connectivity index is 2.22. The number of anilines is 1. The summed E-state index contributed by atoms with van der Waals surface area (Å²) in [4.78, 5) is 9.85. The highest BCUT2D eigenvalue weighted by Gasteiger charge is 2.27. The van der Waals surface area contributed by atoms with Gasteiger partial charge in [0.1, 0.15) is 0 Å². The first-order valence-corrected chi connectivity index (χ1v) is 8.58. The third kappa shape index (κ3) is 3.41. The number of thioether (sulfide) groups is 1. The van der Waals surface area contributed by atoms with E-state index in [0.29, 0.717) is 0 Å². The number of benzene rings is 1. The van der Waals surface area contributed by atoms with Crippen molar-refractivity contribution < 1.29 is 13.3 Å². The fourth-order valence-electron chi connectivity index (χ4n) is 1.99. The molecule has 0 saturated carbocycles. The maximum atomic E-state index is 12.2. The van der Waals surface area contributed by atoms with Crippen LogP contribution in [0.1, 0.15) is 12.8 Å². The van der Waals surface area contributed by atoms with Crippen LogP contribution in [0.3, 0.4) is 0 Å². The average molecular weight is 317 g/mol. The topological polar surface area (TPSA) is 115 Å². The largest absolute Gasteiger partial charge is 0.399 e. The summed E-state index contributed by atoms with van der Waals surface area (Å²) in [6.45, 7) is 0.286. The summed E-state index contributed by atoms with van der Waals surface area (Å²) in [7, 11) is -3.90. The van der Waals surface area contributed by atoms with Gasteiger partial charge in [-0.3, -0.25) is 10.1 Å². The highest BCUT2D eigenvalue weighted by Crippen LogP contribution is 2.28. The molecule has 110 valence electrons. The van der Waals surface area contributed by atoms with Crippen LogP contribution in [-0.4, -0.2) is 30.9 Å². The highest BCUT2D eigenvalue weighted by atomic mass is 32.2. The molecular weight excluding hydrogens is 302 g/mol. The third-order valence-corrected chi connectivity index (χ3v) is 5.86. The van der Waals surface area contributed by atoms with Gasteiger partial charge in [-0.15, -0.1) is 0 Å². The minimum absolute atomic E-state index is 0.155. The quantitative estimate of drug-likeness (QED) is 0.481. The molecule has 9 heteroatoms. The number of nitrogens with two attached hydrogens (primary N) is 1. The Kier molecular flexibility index (Phi) is 4.51. The van der Waals surface area contributed by atoms with E-state index in [0.717, 1.165) is 30.7 Å². The fourth-order valence-corrected chi connectivity index (χ4v) is 4.53. The van der Waals surface area contributed by atoms with Crippen LogP contribution in [-0.2, 0) is 10.0 Å². The third-order valence-electron chi connectivity index (χ3n) is 2.99. The molecule has 0 spiro atoms. The molecule has 1 aromatic rings. The van der Waals surface area contributed by atoms with E-state index in [1.807, 2.05) is 0 Å². The second-order valence-electron chi connectivity index (χ2n) is 4.47. The number of nitrogens with zero attached hydrogens (tertiary/aromatic N) is 1. The molecule has 1 atom stereocenters. The Labute approximate surface area is 121 Å². The molecule has 1 aliphatic rings. The molecule has 0 radical (unpaired) electrons. The zero-order chi connectivity index (χ0) is 14.8. The van der Waals surface area contributed by atoms with Gasteiger partial charge in [-0.2, -0.15) is 11.8 Å². The van der Waals surface area contributed by atoms with Gasteiger partial charge >= 0.3 is 0 Å². The highest BCUT2D eigenvalue weighted by molar-refractivity contribution is 8.00. The molecule has 7 nitrogen and oxygen atoms in total. The maximum Gasteiger partial charge on any atom is 0.291 e. The van der Waals surface area contributed by atoms with Crippen LogP contribution in [0.25, 0.3) is 0 Å². The lowest BCUT2D eigenvalue weighted by atomic mass is 10.2. The van der Waals surface area contributed by atoms with Crippen molar-refractivity contribution in [3.8, 4) is 0 Å². The summed E-state index contributed by atoms with van der Waals surface area (Å²) >= 11 is 1.71. The van der Waals surface area contributed by atoms with Gasteiger partial charge in [0.2, 0.25) is 10.0 Å². The molecule has 1 heterocycles. The zero-order valence-corrected chi connectivity index (χ0v) is 12.2. The first kappa shape index (κ1) is 15.1. The van der Waals surface area contributed by atoms with Crippen molar-refractivity contribution in [3.05, 3.63) is 28.3 Å². The molecule has 20 heavy (non-hydrogen) atoms. The first-order valence-electron chi connectivity index (χ1n) is 6.05. The second-order valence-corrected chi connectivity index (χ2v) is 7.61. The Morgan fingerprint density at radius 2 is 2.25 bits per heavy atom. The fraction of sp³-hybridized carbons (Fsp3) is 0.455. The van der Waals surface area contributed by atoms with Crippen LogP contribution >= 0.6 is 11.8 Å². The predicted molar refractivity (Wildman–Crippen MR) is 78.2 cm³/mol. The zero-order valence-electron chi connectivity index (χ0n) is 10.6. The van der Waals surface area contributed by atoms with E-state index in [-0.39, 0.29) is 22.4 Å². The van der Waals surface area contributed by atoms with Crippen molar-refractivity contribution in [3.63, 3.8) is 0 Å². The lowest BCUT2D eigenvalue weighted by Gasteiger charge is -2.11. The molecule has 1 aromatic carbocycles. The van der Waals surface area contributed by atoms with E-state index in [9.17, 15) is 18.5 Å². The molecule has 1 aliphatic heterocycles. The van der Waals surface area contributed by atoms with Gasteiger partial charge in [0.25, 0.3) is 5.69 Å². The second kappa shape index (κ2) is 5.98. The van der Waals surface area contributed by atoms with Crippen LogP contribution in [0.5, 0.6) is 0 Å². The van der Waals surface area contributed by atoms with Crippen molar-refractivity contribution in [2.24, 2.45) is 0 Å². The molecule has 0 aliphatic carbocycles. The van der Waals surface area contributed by atoms with Gasteiger partial charge in [-0.05, 0) is 30.7 Å². The van der Waals surface area contributed by atoms with Crippen LogP contribution < -0.4 is 10.5 Å². The first-order chi connectivity index (χ1) is 9.40. The lowest BCUT2D eigenvalue weighted by molar-refractivity contribution is -0.387. The standard InChI is InChI=1S/C11H15N3O4S2/c12-8-3-4-11(10(6-8)14(15)16)20(17,18)13-7-9-2-1-5-19-9/h3-4,6,9,13H,1-2,5,7,12H2. The number of sulfonamides is 1. The van der Waals surface area contributed by atoms with Gasteiger partial charge in [-0.25, -0.2) is 13.1 Å². The number of hydrogen-bond acceptors (Lipinski definition) is 6. The Morgan fingerprint density at radius 3 is 2.85 bits per heavy atom. The van der Waals surface area contributed by atoms with E-state index >= 15 is 0 Å². The van der Waals surface area contributed by atoms with Gasteiger partial charge in [0, 0.05) is 23.5 Å². The number of nitrogen functional groups attached to an aromatic ring is 1. The van der Waals surface area contributed by atoms with Crippen molar-refractivity contribution in [2.75, 3.05) is 18.0 Å². The van der Waals surface area contributed by atoms with Gasteiger partial charge in [0.05, 0.1) is 4.92 Å². The predicted octanol–water partition coefficient (Wildman–Crippen LogP) is 1.35. The van der Waals surface area contributed by atoms with E-state index in [2.05, 4.69) is 4.72 Å². The molecule has 1 saturated heterocycles. The SMILES string of the molecule is Nc1ccc(S(=O)(=O)NCC2CCCS2)c([N+](=O)[O-])c1. The number of hydrogen-bond donors (Lipinski definition) is 2. The van der Waals surface area contributed by atoms with Crippen LogP contribution in [0, 0.1) is 10.1 Å². The summed E-state index contributed by atoms with van der Waals surface area (Å²) in [5.74, 6) is 1.02. The monoisotopic (exact) mass is 317 g/mol. The smallest absolute Gasteiger partial charge is 0.291 e. The van der Waals surface area contributed by atoms with E-state index in [4.69, 9.17) is 5.73 Å². The van der Waals surface area contributed by atoms with Crippen LogP contribution in [0.2, 0.25) is 0 Å². The summed E-state index contributed by atoms with van der Waals surface area (Å²) < 4.78 is 26.8. The Hall–Kier alpha value is -1.32. The molecular formula is C11H15N3O4S2. The van der Waals surface area contributed by atoms with Crippen LogP contribution in [0.4, 0.5) is 11.4 Å². The molecule has 1 unspecified atom stereocenters. The summed E-state index contributed by atoms with van der Waals surface area (Å²) in [6.07, 6.45) is 2.02. The Morgan fingerprint density at radius 1 is 1.50 bits per heavy atom.